The second-order valence-electron chi connectivity index (χ2n) is 9.27. The van der Waals surface area contributed by atoms with Crippen LogP contribution in [0.4, 0.5) is 4.39 Å². The van der Waals surface area contributed by atoms with E-state index in [4.69, 9.17) is 0 Å². The summed E-state index contributed by atoms with van der Waals surface area (Å²) in [5.74, 6) is -0.120. The molecule has 0 aromatic heterocycles. The van der Waals surface area contributed by atoms with Crippen LogP contribution in [0.2, 0.25) is 0 Å². The molecular weight excluding hydrogens is 343 g/mol. The number of nitrogens with zero attached hydrogens (tertiary/aromatic N) is 1. The fraction of sp³-hybridized carbons (Fsp3) is 0.636. The van der Waals surface area contributed by atoms with E-state index in [1.165, 1.54) is 12.1 Å². The fourth-order valence-corrected chi connectivity index (χ4v) is 3.50. The van der Waals surface area contributed by atoms with Crippen LogP contribution in [0, 0.1) is 23.1 Å². The van der Waals surface area contributed by atoms with Crippen LogP contribution >= 0.6 is 0 Å². The third-order valence-corrected chi connectivity index (χ3v) is 5.01. The Labute approximate surface area is 162 Å². The summed E-state index contributed by atoms with van der Waals surface area (Å²) in [6.45, 7) is 11.9. The maximum atomic E-state index is 13.3. The highest BCUT2D eigenvalue weighted by molar-refractivity contribution is 5.83. The van der Waals surface area contributed by atoms with E-state index in [9.17, 15) is 14.0 Å². The minimum atomic E-state index is -0.299. The lowest BCUT2D eigenvalue weighted by molar-refractivity contribution is -0.132. The minimum absolute atomic E-state index is 0.0176. The number of hydrogen-bond donors (Lipinski definition) is 1. The number of rotatable bonds is 6. The number of hydrogen-bond acceptors (Lipinski definition) is 2. The molecule has 1 aromatic rings. The van der Waals surface area contributed by atoms with Gasteiger partial charge in [-0.15, -0.1) is 0 Å². The van der Waals surface area contributed by atoms with Crippen molar-refractivity contribution in [3.63, 3.8) is 0 Å². The number of benzene rings is 1. The smallest absolute Gasteiger partial charge is 0.225 e. The maximum Gasteiger partial charge on any atom is 0.225 e. The molecule has 0 saturated carbocycles. The largest absolute Gasteiger partial charge is 0.356 e. The quantitative estimate of drug-likeness (QED) is 0.817. The minimum Gasteiger partial charge on any atom is -0.356 e. The number of amides is 2. The van der Waals surface area contributed by atoms with Gasteiger partial charge in [-0.2, -0.15) is 0 Å². The van der Waals surface area contributed by atoms with Crippen LogP contribution in [0.25, 0.3) is 0 Å². The number of nitrogens with one attached hydrogen (secondary N) is 1. The van der Waals surface area contributed by atoms with E-state index in [0.717, 1.165) is 12.0 Å². The van der Waals surface area contributed by atoms with Gasteiger partial charge in [0.1, 0.15) is 5.82 Å². The van der Waals surface area contributed by atoms with Crippen LogP contribution in [0.3, 0.4) is 0 Å². The molecule has 1 saturated heterocycles. The molecule has 1 fully saturated rings. The highest BCUT2D eigenvalue weighted by Gasteiger charge is 2.40. The second kappa shape index (κ2) is 8.85. The average Bonchev–Trinajstić information content (AvgIpc) is 2.99. The molecule has 150 valence electrons. The van der Waals surface area contributed by atoms with Crippen molar-refractivity contribution in [3.8, 4) is 0 Å². The first kappa shape index (κ1) is 21.4. The van der Waals surface area contributed by atoms with Crippen molar-refractivity contribution in [1.82, 2.24) is 10.2 Å². The predicted molar refractivity (Wildman–Crippen MR) is 106 cm³/mol. The van der Waals surface area contributed by atoms with Crippen molar-refractivity contribution in [1.29, 1.82) is 0 Å². The molecule has 1 heterocycles. The molecule has 1 aliphatic heterocycles. The molecule has 0 unspecified atom stereocenters. The lowest BCUT2D eigenvalue weighted by atomic mass is 9.88. The van der Waals surface area contributed by atoms with Gasteiger partial charge >= 0.3 is 0 Å². The zero-order valence-corrected chi connectivity index (χ0v) is 17.2. The SMILES string of the molecule is CC(C)CCNC(=O)[C@H]1CN(C(=O)CC(C)(C)C)C[C@H]1c1ccc(F)cc1. The van der Waals surface area contributed by atoms with Gasteiger partial charge in [-0.25, -0.2) is 4.39 Å². The van der Waals surface area contributed by atoms with E-state index in [-0.39, 0.29) is 34.9 Å². The van der Waals surface area contributed by atoms with Crippen molar-refractivity contribution in [2.75, 3.05) is 19.6 Å². The molecule has 27 heavy (non-hydrogen) atoms. The van der Waals surface area contributed by atoms with Crippen LogP contribution in [0.1, 0.15) is 58.9 Å². The Bertz CT molecular complexity index is 649. The summed E-state index contributed by atoms with van der Waals surface area (Å²) in [7, 11) is 0. The Kier molecular flexibility index (Phi) is 7.01. The molecule has 0 bridgehead atoms. The molecule has 1 aliphatic rings. The number of carbonyl (C=O) groups excluding carboxylic acids is 2. The van der Waals surface area contributed by atoms with Crippen molar-refractivity contribution in [3.05, 3.63) is 35.6 Å². The van der Waals surface area contributed by atoms with Crippen molar-refractivity contribution >= 4 is 11.8 Å². The molecule has 4 nitrogen and oxygen atoms in total. The molecule has 1 N–H and O–H groups in total. The zero-order valence-electron chi connectivity index (χ0n) is 17.2. The predicted octanol–water partition coefficient (Wildman–Crippen LogP) is 3.97. The van der Waals surface area contributed by atoms with Gasteiger partial charge in [0.15, 0.2) is 0 Å². The first-order valence-electron chi connectivity index (χ1n) is 9.88. The second-order valence-corrected chi connectivity index (χ2v) is 9.27. The average molecular weight is 377 g/mol. The summed E-state index contributed by atoms with van der Waals surface area (Å²) < 4.78 is 13.3. The van der Waals surface area contributed by atoms with E-state index >= 15 is 0 Å². The zero-order chi connectivity index (χ0) is 20.2. The summed E-state index contributed by atoms with van der Waals surface area (Å²) in [6.07, 6.45) is 1.37. The summed E-state index contributed by atoms with van der Waals surface area (Å²) in [6, 6.07) is 6.30. The van der Waals surface area contributed by atoms with Gasteiger partial charge in [-0.1, -0.05) is 46.8 Å². The van der Waals surface area contributed by atoms with Gasteiger partial charge in [0, 0.05) is 32.0 Å². The first-order valence-corrected chi connectivity index (χ1v) is 9.88. The maximum absolute atomic E-state index is 13.3. The summed E-state index contributed by atoms with van der Waals surface area (Å²) in [5, 5.41) is 3.02. The van der Waals surface area contributed by atoms with Crippen molar-refractivity contribution in [2.45, 2.75) is 53.4 Å². The Morgan fingerprint density at radius 3 is 2.37 bits per heavy atom. The van der Waals surface area contributed by atoms with Gasteiger partial charge in [-0.3, -0.25) is 9.59 Å². The van der Waals surface area contributed by atoms with Gasteiger partial charge in [0.2, 0.25) is 11.8 Å². The van der Waals surface area contributed by atoms with E-state index in [1.54, 1.807) is 17.0 Å². The van der Waals surface area contributed by atoms with E-state index in [1.807, 2.05) is 20.8 Å². The van der Waals surface area contributed by atoms with Crippen LogP contribution in [-0.4, -0.2) is 36.3 Å². The van der Waals surface area contributed by atoms with E-state index in [2.05, 4.69) is 19.2 Å². The lowest BCUT2D eigenvalue weighted by Crippen LogP contribution is -2.36. The molecule has 5 heteroatoms. The van der Waals surface area contributed by atoms with Gasteiger partial charge in [-0.05, 0) is 35.4 Å². The molecule has 2 atom stereocenters. The molecule has 0 spiro atoms. The van der Waals surface area contributed by atoms with Crippen LogP contribution in [0.15, 0.2) is 24.3 Å². The van der Waals surface area contributed by atoms with Crippen molar-refractivity contribution in [2.24, 2.45) is 17.3 Å². The summed E-state index contributed by atoms with van der Waals surface area (Å²) in [5.41, 5.74) is 0.812. The Morgan fingerprint density at radius 1 is 1.19 bits per heavy atom. The highest BCUT2D eigenvalue weighted by Crippen LogP contribution is 2.34. The standard InChI is InChI=1S/C22H33FN2O2/c1-15(2)10-11-24-21(27)19-14-25(20(26)12-22(3,4)5)13-18(19)16-6-8-17(23)9-7-16/h6-9,15,18-19H,10-14H2,1-5H3,(H,24,27)/t18-,19-/m0/s1. The third kappa shape index (κ3) is 6.33. The topological polar surface area (TPSA) is 49.4 Å². The van der Waals surface area contributed by atoms with Crippen LogP contribution in [-0.2, 0) is 9.59 Å². The fourth-order valence-electron chi connectivity index (χ4n) is 3.50. The Balaban J connectivity index is 2.15. The van der Waals surface area contributed by atoms with Gasteiger partial charge in [0.25, 0.3) is 0 Å². The molecular formula is C22H33FN2O2. The number of halogens is 1. The van der Waals surface area contributed by atoms with Crippen LogP contribution in [0.5, 0.6) is 0 Å². The molecule has 2 rings (SSSR count). The van der Waals surface area contributed by atoms with Gasteiger partial charge in [0.05, 0.1) is 5.92 Å². The Hall–Kier alpha value is -1.91. The molecule has 1 aromatic carbocycles. The van der Waals surface area contributed by atoms with E-state index < -0.39 is 0 Å². The molecule has 0 radical (unpaired) electrons. The van der Waals surface area contributed by atoms with Crippen molar-refractivity contribution < 1.29 is 14.0 Å². The van der Waals surface area contributed by atoms with Gasteiger partial charge < -0.3 is 10.2 Å². The molecule has 2 amide bonds. The first-order chi connectivity index (χ1) is 12.6. The Morgan fingerprint density at radius 2 is 1.81 bits per heavy atom. The van der Waals surface area contributed by atoms with E-state index in [0.29, 0.717) is 32.0 Å². The monoisotopic (exact) mass is 376 g/mol. The summed E-state index contributed by atoms with van der Waals surface area (Å²) >= 11 is 0. The summed E-state index contributed by atoms with van der Waals surface area (Å²) in [4.78, 5) is 27.3. The molecule has 0 aliphatic carbocycles. The number of carbonyl (C=O) groups is 2. The van der Waals surface area contributed by atoms with Crippen LogP contribution < -0.4 is 5.32 Å². The highest BCUT2D eigenvalue weighted by atomic mass is 19.1. The number of likely N-dealkylation sites (tertiary alicyclic amines) is 1. The third-order valence-electron chi connectivity index (χ3n) is 5.01. The normalized spacial score (nSPS) is 20.2. The lowest BCUT2D eigenvalue weighted by Gasteiger charge is -2.23.